The zero-order valence-corrected chi connectivity index (χ0v) is 41.2. The third-order valence-electron chi connectivity index (χ3n) is 14.2. The molecule has 0 bridgehead atoms. The molecule has 0 spiro atoms. The monoisotopic (exact) mass is 1010 g/mol. The lowest BCUT2D eigenvalue weighted by atomic mass is 9.66. The molecule has 386 valence electrons. The molecular weight excluding hydrogens is 936 g/mol. The van der Waals surface area contributed by atoms with Crippen LogP contribution in [0.4, 0.5) is 46.5 Å². The van der Waals surface area contributed by atoms with Crippen LogP contribution >= 0.6 is 8.25 Å². The molecule has 4 aromatic rings. The van der Waals surface area contributed by atoms with E-state index in [1.807, 2.05) is 24.3 Å². The van der Waals surface area contributed by atoms with Gasteiger partial charge in [0.25, 0.3) is 0 Å². The van der Waals surface area contributed by atoms with Gasteiger partial charge in [0.05, 0.1) is 24.3 Å². The van der Waals surface area contributed by atoms with E-state index in [-0.39, 0.29) is 60.1 Å². The third-order valence-corrected chi connectivity index (χ3v) is 15.1. The van der Waals surface area contributed by atoms with E-state index < -0.39 is 31.7 Å². The van der Waals surface area contributed by atoms with Gasteiger partial charge in [-0.25, -0.2) is 8.78 Å². The lowest BCUT2D eigenvalue weighted by Gasteiger charge is -2.38. The minimum atomic E-state index is -4.54. The van der Waals surface area contributed by atoms with E-state index in [1.54, 1.807) is 12.1 Å². The Labute approximate surface area is 409 Å². The Morgan fingerprint density at radius 1 is 0.486 bits per heavy atom. The van der Waals surface area contributed by atoms with Gasteiger partial charge in [0.1, 0.15) is 11.6 Å². The predicted octanol–water partition coefficient (Wildman–Crippen LogP) is 15.1. The fourth-order valence-corrected chi connectivity index (χ4v) is 11.2. The molecular formula is C54H71F8N4O3P. The molecule has 0 radical (unpaired) electrons. The number of hydrogen-bond donors (Lipinski definition) is 4. The molecule has 4 aromatic carbocycles. The summed E-state index contributed by atoms with van der Waals surface area (Å²) in [6.45, 7) is 2.27. The summed E-state index contributed by atoms with van der Waals surface area (Å²) < 4.78 is 135. The van der Waals surface area contributed by atoms with Gasteiger partial charge >= 0.3 is 20.6 Å². The topological polar surface area (TPSA) is 83.7 Å². The average Bonchev–Trinajstić information content (AvgIpc) is 3.34. The molecule has 2 aliphatic rings. The van der Waals surface area contributed by atoms with Crippen molar-refractivity contribution in [3.8, 4) is 0 Å². The maximum absolute atomic E-state index is 14.1. The first-order chi connectivity index (χ1) is 33.7. The molecule has 2 fully saturated rings. The zero-order valence-electron chi connectivity index (χ0n) is 40.2. The second kappa shape index (κ2) is 27.2. The van der Waals surface area contributed by atoms with E-state index >= 15 is 0 Å². The van der Waals surface area contributed by atoms with E-state index in [4.69, 9.17) is 9.05 Å². The molecule has 16 heteroatoms. The Morgan fingerprint density at radius 2 is 0.871 bits per heavy atom. The van der Waals surface area contributed by atoms with Crippen molar-refractivity contribution in [3.63, 3.8) is 0 Å². The van der Waals surface area contributed by atoms with Gasteiger partial charge in [0, 0.05) is 37.6 Å². The first-order valence-electron chi connectivity index (χ1n) is 25.3. The Hall–Kier alpha value is -4.01. The lowest BCUT2D eigenvalue weighted by Crippen LogP contribution is -2.29. The summed E-state index contributed by atoms with van der Waals surface area (Å²) in [4.78, 5) is 0. The van der Waals surface area contributed by atoms with Crippen LogP contribution < -0.4 is 21.3 Å². The lowest BCUT2D eigenvalue weighted by molar-refractivity contribution is -0.137. The number of benzene rings is 4. The summed E-state index contributed by atoms with van der Waals surface area (Å²) in [7, 11) is -2.78. The summed E-state index contributed by atoms with van der Waals surface area (Å²) in [5.74, 6) is -0.521. The fourth-order valence-electron chi connectivity index (χ4n) is 10.4. The van der Waals surface area contributed by atoms with Crippen LogP contribution in [0.2, 0.25) is 0 Å². The first kappa shape index (κ1) is 55.3. The van der Waals surface area contributed by atoms with Crippen molar-refractivity contribution in [1.29, 1.82) is 0 Å². The summed E-state index contributed by atoms with van der Waals surface area (Å²) in [6, 6.07) is 22.1. The van der Waals surface area contributed by atoms with Crippen molar-refractivity contribution in [2.75, 3.05) is 50.0 Å². The smallest absolute Gasteiger partial charge is 0.385 e. The summed E-state index contributed by atoms with van der Waals surface area (Å²) in [6.07, 6.45) is 7.72. The fraction of sp³-hybridized carbons (Fsp3) is 0.556. The number of anilines is 2. The number of alkyl halides is 6. The zero-order chi connectivity index (χ0) is 49.9. The molecule has 0 aromatic heterocycles. The van der Waals surface area contributed by atoms with Gasteiger partial charge < -0.3 is 30.3 Å². The molecule has 70 heavy (non-hydrogen) atoms. The Balaban J connectivity index is 0.818. The second-order valence-electron chi connectivity index (χ2n) is 19.2. The SMILES string of the molecule is O=[PH](OCCCNCc1ccc(NCCCCC2(c3ccc(F)cc3)CCCCC2)c(C(F)(F)F)c1)OCCCNCc1ccc(NCCCCC2(c3ccc(F)cc3)CCCCC2)c(C(F)(F)F)c1. The average molecular weight is 1010 g/mol. The summed E-state index contributed by atoms with van der Waals surface area (Å²) in [5.41, 5.74) is 1.86. The molecule has 0 heterocycles. The summed E-state index contributed by atoms with van der Waals surface area (Å²) >= 11 is 0. The highest BCUT2D eigenvalue weighted by Crippen LogP contribution is 2.45. The Bertz CT molecular complexity index is 2040. The number of nitrogens with one attached hydrogen (secondary N) is 4. The van der Waals surface area contributed by atoms with Gasteiger partial charge in [-0.3, -0.25) is 4.57 Å². The van der Waals surface area contributed by atoms with E-state index in [9.17, 15) is 39.7 Å². The van der Waals surface area contributed by atoms with Crippen LogP contribution in [0.5, 0.6) is 0 Å². The van der Waals surface area contributed by atoms with Crippen LogP contribution in [0, 0.1) is 11.6 Å². The minimum absolute atomic E-state index is 0.0121. The third kappa shape index (κ3) is 17.1. The molecule has 0 atom stereocenters. The molecule has 0 aliphatic heterocycles. The largest absolute Gasteiger partial charge is 0.418 e. The van der Waals surface area contributed by atoms with Crippen LogP contribution in [-0.2, 0) is 49.9 Å². The van der Waals surface area contributed by atoms with Gasteiger partial charge in [-0.1, -0.05) is 87.8 Å². The second-order valence-corrected chi connectivity index (χ2v) is 20.3. The van der Waals surface area contributed by atoms with E-state index in [2.05, 4.69) is 21.3 Å². The Kier molecular flexibility index (Phi) is 21.5. The van der Waals surface area contributed by atoms with Crippen LogP contribution in [-0.4, -0.2) is 39.4 Å². The standard InChI is InChI=1S/C54H71F8N4O3P/c55-45-19-15-43(16-20-45)51(25-3-1-4-26-51)29-7-9-33-65-49-23-13-41(37-47(49)53(57,58)59)39-63-31-11-35-68-70(67)69-36-12-32-64-40-42-14-24-50(48(38-42)54(60,61)62)66-34-10-8-30-52(27-5-2-6-28-52)44-17-21-46(56)22-18-44/h13-24,37-38,63-66,70H,1-12,25-36,39-40H2. The molecule has 2 saturated carbocycles. The quantitative estimate of drug-likeness (QED) is 0.0256. The molecule has 0 saturated heterocycles. The van der Waals surface area contributed by atoms with Crippen LogP contribution in [0.1, 0.15) is 149 Å². The van der Waals surface area contributed by atoms with E-state index in [1.165, 1.54) is 49.2 Å². The van der Waals surface area contributed by atoms with Crippen molar-refractivity contribution in [2.45, 2.75) is 152 Å². The highest BCUT2D eigenvalue weighted by atomic mass is 31.1. The van der Waals surface area contributed by atoms with Crippen molar-refractivity contribution in [2.24, 2.45) is 0 Å². The van der Waals surface area contributed by atoms with Crippen LogP contribution in [0.25, 0.3) is 0 Å². The highest BCUT2D eigenvalue weighted by Gasteiger charge is 2.37. The van der Waals surface area contributed by atoms with Crippen molar-refractivity contribution < 1.29 is 48.7 Å². The minimum Gasteiger partial charge on any atom is -0.385 e. The van der Waals surface area contributed by atoms with E-state index in [0.717, 1.165) is 100 Å². The van der Waals surface area contributed by atoms with Crippen molar-refractivity contribution in [3.05, 3.63) is 130 Å². The molecule has 0 amide bonds. The summed E-state index contributed by atoms with van der Waals surface area (Å²) in [5, 5.41) is 12.2. The molecule has 2 aliphatic carbocycles. The number of hydrogen-bond acceptors (Lipinski definition) is 7. The van der Waals surface area contributed by atoms with Crippen molar-refractivity contribution >= 4 is 19.6 Å². The van der Waals surface area contributed by atoms with Gasteiger partial charge in [-0.15, -0.1) is 0 Å². The molecule has 7 nitrogen and oxygen atoms in total. The van der Waals surface area contributed by atoms with Crippen LogP contribution in [0.3, 0.4) is 0 Å². The van der Waals surface area contributed by atoms with Gasteiger partial charge in [-0.05, 0) is 159 Å². The highest BCUT2D eigenvalue weighted by molar-refractivity contribution is 7.33. The van der Waals surface area contributed by atoms with Gasteiger partial charge in [0.15, 0.2) is 0 Å². The van der Waals surface area contributed by atoms with E-state index in [0.29, 0.717) is 63.0 Å². The van der Waals surface area contributed by atoms with Crippen LogP contribution in [0.15, 0.2) is 84.9 Å². The normalized spacial score (nSPS) is 16.1. The maximum atomic E-state index is 14.1. The predicted molar refractivity (Wildman–Crippen MR) is 263 cm³/mol. The number of unbranched alkanes of at least 4 members (excludes halogenated alkanes) is 2. The number of halogens is 8. The Morgan fingerprint density at radius 3 is 1.24 bits per heavy atom. The molecule has 0 unspecified atom stereocenters. The number of rotatable bonds is 28. The maximum Gasteiger partial charge on any atom is 0.418 e. The van der Waals surface area contributed by atoms with Gasteiger partial charge in [0.2, 0.25) is 0 Å². The first-order valence-corrected chi connectivity index (χ1v) is 26.5. The van der Waals surface area contributed by atoms with Crippen molar-refractivity contribution in [1.82, 2.24) is 10.6 Å². The molecule has 6 rings (SSSR count). The molecule has 4 N–H and O–H groups in total. The van der Waals surface area contributed by atoms with Gasteiger partial charge in [-0.2, -0.15) is 26.3 Å².